The predicted molar refractivity (Wildman–Crippen MR) is 287 cm³/mol. The van der Waals surface area contributed by atoms with Crippen molar-refractivity contribution in [1.29, 1.82) is 0 Å². The molecule has 0 bridgehead atoms. The predicted octanol–water partition coefficient (Wildman–Crippen LogP) is 6.29. The van der Waals surface area contributed by atoms with Crippen molar-refractivity contribution in [2.75, 3.05) is 131 Å². The van der Waals surface area contributed by atoms with Gasteiger partial charge in [-0.3, -0.25) is 9.59 Å². The molecule has 3 aliphatic heterocycles. The van der Waals surface area contributed by atoms with Crippen LogP contribution in [0.2, 0.25) is 0 Å². The lowest BCUT2D eigenvalue weighted by Gasteiger charge is -2.27. The number of carbonyl (C=O) groups is 3. The number of carbonyl (C=O) groups excluding carboxylic acids is 3. The molecule has 1 saturated heterocycles. The molecule has 0 atom stereocenters. The molecule has 0 aromatic heterocycles. The van der Waals surface area contributed by atoms with Gasteiger partial charge in [-0.2, -0.15) is 0 Å². The van der Waals surface area contributed by atoms with Crippen LogP contribution >= 0.6 is 0 Å². The van der Waals surface area contributed by atoms with Crippen LogP contribution in [0.1, 0.15) is 69.1 Å². The topological polar surface area (TPSA) is 214 Å². The van der Waals surface area contributed by atoms with Crippen molar-refractivity contribution >= 4 is 39.7 Å². The maximum Gasteiger partial charge on any atom is 0.333 e. The lowest BCUT2D eigenvalue weighted by Crippen LogP contribution is -2.36. The highest BCUT2D eigenvalue weighted by Crippen LogP contribution is 2.49. The fourth-order valence-corrected chi connectivity index (χ4v) is 9.50. The van der Waals surface area contributed by atoms with E-state index in [1.165, 1.54) is 12.1 Å². The Hall–Kier alpha value is -5.65. The smallest absolute Gasteiger partial charge is 0.333 e. The van der Waals surface area contributed by atoms with Crippen molar-refractivity contribution in [3.8, 4) is 22.6 Å². The fourth-order valence-electron chi connectivity index (χ4n) is 9.00. The molecule has 6 rings (SSSR count). The number of hydroxylamine groups is 2. The van der Waals surface area contributed by atoms with Gasteiger partial charge in [-0.05, 0) is 61.2 Å². The van der Waals surface area contributed by atoms with E-state index in [4.69, 9.17) is 47.1 Å². The summed E-state index contributed by atoms with van der Waals surface area (Å²) in [4.78, 5) is 43.3. The number of fused-ring (bicyclic) bond motifs is 2. The molecule has 0 saturated carbocycles. The second kappa shape index (κ2) is 31.1. The van der Waals surface area contributed by atoms with E-state index in [2.05, 4.69) is 27.7 Å². The molecule has 0 N–H and O–H groups in total. The van der Waals surface area contributed by atoms with E-state index in [1.54, 1.807) is 20.3 Å². The van der Waals surface area contributed by atoms with Gasteiger partial charge in [-0.15, -0.1) is 5.06 Å². The Morgan fingerprint density at radius 3 is 1.87 bits per heavy atom. The zero-order valence-corrected chi connectivity index (χ0v) is 45.9. The Morgan fingerprint density at radius 2 is 1.30 bits per heavy atom. The molecule has 19 nitrogen and oxygen atoms in total. The fraction of sp³-hybridized carbons (Fsp3) is 0.509. The first-order valence-corrected chi connectivity index (χ1v) is 27.6. The number of anilines is 1. The number of nitrogens with zero attached hydrogens (tertiary/aromatic N) is 3. The van der Waals surface area contributed by atoms with Crippen LogP contribution in [0.15, 0.2) is 93.9 Å². The number of allylic oxidation sites excluding steroid dienone is 3. The van der Waals surface area contributed by atoms with Crippen LogP contribution < -0.4 is 14.8 Å². The largest absolute Gasteiger partial charge is 0.744 e. The molecule has 1 fully saturated rings. The number of rotatable bonds is 35. The molecule has 0 spiro atoms. The van der Waals surface area contributed by atoms with Crippen LogP contribution in [-0.2, 0) is 72.6 Å². The van der Waals surface area contributed by atoms with Gasteiger partial charge >= 0.3 is 5.97 Å². The van der Waals surface area contributed by atoms with Gasteiger partial charge < -0.3 is 56.6 Å². The normalized spacial score (nSPS) is 15.0. The van der Waals surface area contributed by atoms with Gasteiger partial charge in [0, 0.05) is 79.6 Å². The summed E-state index contributed by atoms with van der Waals surface area (Å²) in [6.45, 7) is 14.2. The summed E-state index contributed by atoms with van der Waals surface area (Å²) in [5.41, 5.74) is 5.26. The van der Waals surface area contributed by atoms with Crippen molar-refractivity contribution in [2.45, 2.75) is 69.6 Å². The highest BCUT2D eigenvalue weighted by Gasteiger charge is 2.40. The number of amides is 2. The SMILES string of the molecule is COCCOCCOCCOCC[N+](CCOCCOCCOCCOC)=c1ccc2c(/C=C/C=C3\N(CCCCCC(=O)ON4C(=O)CCC4=O)c4ccc(S(=O)(=O)[O-])cc4C3(C)C)c(C)c(-c3ccccc3)oc-2c1. The molecular formula is C57H75N3O16S. The quantitative estimate of drug-likeness (QED) is 0.0214. The molecule has 20 heteroatoms. The second-order valence-electron chi connectivity index (χ2n) is 18.8. The Balaban J connectivity index is 1.25. The number of benzene rings is 3. The van der Waals surface area contributed by atoms with Gasteiger partial charge in [0.2, 0.25) is 5.36 Å². The average molecular weight is 1090 g/mol. The molecule has 0 unspecified atom stereocenters. The minimum Gasteiger partial charge on any atom is -0.744 e. The van der Waals surface area contributed by atoms with Crippen LogP contribution in [0.3, 0.4) is 0 Å². The number of imide groups is 1. The van der Waals surface area contributed by atoms with E-state index in [0.29, 0.717) is 154 Å². The van der Waals surface area contributed by atoms with E-state index >= 15 is 0 Å². The van der Waals surface area contributed by atoms with Crippen LogP contribution in [-0.4, -0.2) is 162 Å². The zero-order valence-electron chi connectivity index (χ0n) is 45.1. The summed E-state index contributed by atoms with van der Waals surface area (Å²) in [6, 6.07) is 20.6. The van der Waals surface area contributed by atoms with Gasteiger partial charge in [-0.25, -0.2) is 17.8 Å². The highest BCUT2D eigenvalue weighted by molar-refractivity contribution is 7.85. The van der Waals surface area contributed by atoms with Gasteiger partial charge in [0.1, 0.15) is 34.9 Å². The van der Waals surface area contributed by atoms with Gasteiger partial charge in [0.15, 0.2) is 13.1 Å². The van der Waals surface area contributed by atoms with Crippen molar-refractivity contribution < 1.29 is 74.5 Å². The average Bonchev–Trinajstić information content (AvgIpc) is 3.91. The molecule has 0 radical (unpaired) electrons. The third kappa shape index (κ3) is 17.9. The van der Waals surface area contributed by atoms with Crippen molar-refractivity contribution in [2.24, 2.45) is 0 Å². The first-order valence-electron chi connectivity index (χ1n) is 26.2. The third-order valence-electron chi connectivity index (χ3n) is 13.1. The van der Waals surface area contributed by atoms with Crippen LogP contribution in [0.25, 0.3) is 28.7 Å². The van der Waals surface area contributed by atoms with Crippen LogP contribution in [0.4, 0.5) is 5.69 Å². The lowest BCUT2D eigenvalue weighted by atomic mass is 9.83. The molecular weight excluding hydrogens is 1010 g/mol. The van der Waals surface area contributed by atoms with E-state index in [0.717, 1.165) is 39.0 Å². The number of hydrogen-bond donors (Lipinski definition) is 0. The molecule has 2 aromatic carbocycles. The summed E-state index contributed by atoms with van der Waals surface area (Å²) in [5, 5.41) is 1.47. The number of hydrogen-bond acceptors (Lipinski definition) is 17. The number of ether oxygens (including phenoxy) is 8. The monoisotopic (exact) mass is 1090 g/mol. The molecule has 2 amide bonds. The lowest BCUT2D eigenvalue weighted by molar-refractivity contribution is -0.197. The Morgan fingerprint density at radius 1 is 0.727 bits per heavy atom. The first-order chi connectivity index (χ1) is 37.2. The number of methoxy groups -OCH3 is 2. The second-order valence-corrected chi connectivity index (χ2v) is 20.2. The summed E-state index contributed by atoms with van der Waals surface area (Å²) in [7, 11) is -1.47. The van der Waals surface area contributed by atoms with Crippen molar-refractivity contribution in [3.05, 3.63) is 107 Å². The summed E-state index contributed by atoms with van der Waals surface area (Å²) in [5.74, 6) is -0.341. The summed E-state index contributed by atoms with van der Waals surface area (Å²) >= 11 is 0. The zero-order chi connectivity index (χ0) is 55.0. The molecule has 420 valence electrons. The standard InChI is InChI=1S/C57H75N3O16S/c1-43-47(15-12-16-52-57(2,3)49-42-46(77(64,65)66)19-21-50(49)59(52)24-11-7-10-17-55(63)76-60-53(61)22-23-54(60)62)48-20-18-45(41-51(48)75-56(43)44-13-8-6-9-14-44)58(25-27-69-33-35-73-39-37-71-31-29-67-4)26-28-70-34-36-74-40-38-72-32-30-68-5/h6,8-9,12-16,18-21,41-42H,7,10-11,17,22-40H2,1-5H3. The summed E-state index contributed by atoms with van der Waals surface area (Å²) in [6.07, 6.45) is 7.82. The maximum atomic E-state index is 12.5. The molecule has 1 aliphatic carbocycles. The van der Waals surface area contributed by atoms with Crippen molar-refractivity contribution in [3.63, 3.8) is 0 Å². The van der Waals surface area contributed by atoms with Crippen molar-refractivity contribution in [1.82, 2.24) is 9.64 Å². The third-order valence-corrected chi connectivity index (χ3v) is 13.9. The van der Waals surface area contributed by atoms with E-state index in [1.807, 2.05) is 69.3 Å². The summed E-state index contributed by atoms with van der Waals surface area (Å²) < 4.78 is 90.2. The first kappa shape index (κ1) is 60.6. The molecule has 77 heavy (non-hydrogen) atoms. The van der Waals surface area contributed by atoms with Crippen LogP contribution in [0.5, 0.6) is 0 Å². The Kier molecular flexibility index (Phi) is 24.4. The van der Waals surface area contributed by atoms with Crippen LogP contribution in [0, 0.1) is 6.92 Å². The minimum absolute atomic E-state index is 0.0191. The maximum absolute atomic E-state index is 12.5. The molecule has 2 aromatic rings. The minimum atomic E-state index is -4.74. The highest BCUT2D eigenvalue weighted by atomic mass is 32.2. The number of unbranched alkanes of at least 4 members (excludes halogenated alkanes) is 2. The molecule has 4 aliphatic rings. The van der Waals surface area contributed by atoms with E-state index < -0.39 is 33.3 Å². The van der Waals surface area contributed by atoms with E-state index in [9.17, 15) is 27.4 Å². The van der Waals surface area contributed by atoms with E-state index in [-0.39, 0.29) is 24.2 Å². The van der Waals surface area contributed by atoms with Gasteiger partial charge in [0.05, 0.1) is 90.2 Å². The Labute approximate surface area is 452 Å². The van der Waals surface area contributed by atoms with Gasteiger partial charge in [0.25, 0.3) is 11.8 Å². The van der Waals surface area contributed by atoms with Gasteiger partial charge in [-0.1, -0.05) is 62.8 Å². The Bertz CT molecular complexity index is 2710. The molecule has 3 heterocycles.